The van der Waals surface area contributed by atoms with Crippen molar-refractivity contribution in [3.8, 4) is 10.7 Å². The largest absolute Gasteiger partial charge is 0.329 e. The summed E-state index contributed by atoms with van der Waals surface area (Å²) in [5, 5.41) is 2.07. The Labute approximate surface area is 99.9 Å². The number of thiophene rings is 1. The van der Waals surface area contributed by atoms with Gasteiger partial charge in [0.1, 0.15) is 5.82 Å². The topological polar surface area (TPSA) is 43.8 Å². The van der Waals surface area contributed by atoms with Gasteiger partial charge in [-0.1, -0.05) is 19.9 Å². The first-order chi connectivity index (χ1) is 7.68. The molecule has 0 saturated heterocycles. The summed E-state index contributed by atoms with van der Waals surface area (Å²) in [5.41, 5.74) is 6.08. The lowest BCUT2D eigenvalue weighted by molar-refractivity contribution is 0.435. The number of hydrogen-bond acceptors (Lipinski definition) is 3. The number of nitrogens with two attached hydrogens (primary N) is 1. The molecule has 0 aliphatic carbocycles. The van der Waals surface area contributed by atoms with Gasteiger partial charge in [0.25, 0.3) is 0 Å². The quantitative estimate of drug-likeness (QED) is 0.885. The van der Waals surface area contributed by atoms with Crippen LogP contribution in [0, 0.1) is 5.92 Å². The maximum Gasteiger partial charge on any atom is 0.150 e. The summed E-state index contributed by atoms with van der Waals surface area (Å²) in [6, 6.07) is 4.30. The normalized spacial score (nSPS) is 13.2. The van der Waals surface area contributed by atoms with E-state index in [0.29, 0.717) is 5.92 Å². The molecular formula is C12H17N3S. The molecule has 0 aliphatic rings. The summed E-state index contributed by atoms with van der Waals surface area (Å²) in [7, 11) is 0. The Bertz CT molecular complexity index is 431. The van der Waals surface area contributed by atoms with E-state index >= 15 is 0 Å². The molecule has 2 N–H and O–H groups in total. The Kier molecular flexibility index (Phi) is 3.41. The number of aromatic nitrogens is 2. The molecule has 1 atom stereocenters. The van der Waals surface area contributed by atoms with E-state index in [1.165, 1.54) is 4.88 Å². The monoisotopic (exact) mass is 235 g/mol. The van der Waals surface area contributed by atoms with Gasteiger partial charge in [0.05, 0.1) is 4.88 Å². The van der Waals surface area contributed by atoms with Crippen LogP contribution < -0.4 is 5.73 Å². The highest BCUT2D eigenvalue weighted by molar-refractivity contribution is 7.13. The van der Waals surface area contributed by atoms with Crippen LogP contribution in [0.25, 0.3) is 10.7 Å². The van der Waals surface area contributed by atoms with Crippen molar-refractivity contribution in [3.05, 3.63) is 29.9 Å². The van der Waals surface area contributed by atoms with Gasteiger partial charge in [0, 0.05) is 25.0 Å². The van der Waals surface area contributed by atoms with Crippen molar-refractivity contribution >= 4 is 11.3 Å². The van der Waals surface area contributed by atoms with Gasteiger partial charge in [0.2, 0.25) is 0 Å². The molecule has 2 aromatic heterocycles. The molecular weight excluding hydrogens is 218 g/mol. The Balaban J connectivity index is 2.20. The molecule has 16 heavy (non-hydrogen) atoms. The molecule has 2 rings (SSSR count). The van der Waals surface area contributed by atoms with Crippen LogP contribution in [0.4, 0.5) is 0 Å². The predicted octanol–water partition coefficient (Wildman–Crippen LogP) is 2.59. The maximum atomic E-state index is 6.08. The molecule has 0 spiro atoms. The zero-order valence-corrected chi connectivity index (χ0v) is 10.4. The third-order valence-corrected chi connectivity index (χ3v) is 3.59. The summed E-state index contributed by atoms with van der Waals surface area (Å²) >= 11 is 1.71. The van der Waals surface area contributed by atoms with Crippen molar-refractivity contribution in [2.75, 3.05) is 0 Å². The van der Waals surface area contributed by atoms with Crippen molar-refractivity contribution in [3.63, 3.8) is 0 Å². The summed E-state index contributed by atoms with van der Waals surface area (Å²) in [5.74, 6) is 1.50. The molecule has 3 nitrogen and oxygen atoms in total. The second-order valence-corrected chi connectivity index (χ2v) is 5.24. The predicted molar refractivity (Wildman–Crippen MR) is 68.4 cm³/mol. The Morgan fingerprint density at radius 2 is 2.31 bits per heavy atom. The summed E-state index contributed by atoms with van der Waals surface area (Å²) < 4.78 is 2.14. The van der Waals surface area contributed by atoms with Crippen LogP contribution in [0.3, 0.4) is 0 Å². The van der Waals surface area contributed by atoms with E-state index in [1.807, 2.05) is 18.5 Å². The summed E-state index contributed by atoms with van der Waals surface area (Å²) in [6.07, 6.45) is 3.83. The highest BCUT2D eigenvalue weighted by atomic mass is 32.1. The van der Waals surface area contributed by atoms with Crippen molar-refractivity contribution in [1.29, 1.82) is 0 Å². The van der Waals surface area contributed by atoms with Crippen LogP contribution >= 0.6 is 11.3 Å². The summed E-state index contributed by atoms with van der Waals surface area (Å²) in [4.78, 5) is 5.58. The molecule has 2 heterocycles. The Hall–Kier alpha value is -1.13. The highest BCUT2D eigenvalue weighted by Gasteiger charge is 2.12. The minimum absolute atomic E-state index is 0.174. The fourth-order valence-corrected chi connectivity index (χ4v) is 2.26. The second kappa shape index (κ2) is 4.80. The van der Waals surface area contributed by atoms with E-state index in [-0.39, 0.29) is 6.04 Å². The van der Waals surface area contributed by atoms with Gasteiger partial charge >= 0.3 is 0 Å². The van der Waals surface area contributed by atoms with Gasteiger partial charge < -0.3 is 10.3 Å². The van der Waals surface area contributed by atoms with E-state index in [4.69, 9.17) is 5.73 Å². The zero-order chi connectivity index (χ0) is 11.5. The van der Waals surface area contributed by atoms with Crippen molar-refractivity contribution in [2.24, 2.45) is 11.7 Å². The lowest BCUT2D eigenvalue weighted by Crippen LogP contribution is -2.31. The Morgan fingerprint density at radius 1 is 1.50 bits per heavy atom. The van der Waals surface area contributed by atoms with E-state index in [1.54, 1.807) is 11.3 Å². The standard InChI is InChI=1S/C12H17N3S/c1-9(2)10(13)8-15-6-5-14-12(15)11-4-3-7-16-11/h3-7,9-10H,8,13H2,1-2H3. The highest BCUT2D eigenvalue weighted by Crippen LogP contribution is 2.23. The summed E-state index contributed by atoms with van der Waals surface area (Å²) in [6.45, 7) is 5.11. The molecule has 0 radical (unpaired) electrons. The molecule has 0 bridgehead atoms. The smallest absolute Gasteiger partial charge is 0.150 e. The molecule has 1 unspecified atom stereocenters. The number of hydrogen-bond donors (Lipinski definition) is 1. The van der Waals surface area contributed by atoms with Crippen LogP contribution in [0.15, 0.2) is 29.9 Å². The molecule has 0 fully saturated rings. The Morgan fingerprint density at radius 3 is 2.94 bits per heavy atom. The maximum absolute atomic E-state index is 6.08. The molecule has 0 aliphatic heterocycles. The zero-order valence-electron chi connectivity index (χ0n) is 9.63. The lowest BCUT2D eigenvalue weighted by Gasteiger charge is -2.17. The number of imidazole rings is 1. The molecule has 2 aromatic rings. The fraction of sp³-hybridized carbons (Fsp3) is 0.417. The van der Waals surface area contributed by atoms with E-state index in [0.717, 1.165) is 12.4 Å². The SMILES string of the molecule is CC(C)C(N)Cn1ccnc1-c1cccs1. The van der Waals surface area contributed by atoms with Gasteiger partial charge in [0.15, 0.2) is 0 Å². The van der Waals surface area contributed by atoms with Crippen LogP contribution in [-0.2, 0) is 6.54 Å². The lowest BCUT2D eigenvalue weighted by atomic mass is 10.1. The first-order valence-corrected chi connectivity index (χ1v) is 6.37. The third-order valence-electron chi connectivity index (χ3n) is 2.72. The van der Waals surface area contributed by atoms with Crippen molar-refractivity contribution in [1.82, 2.24) is 9.55 Å². The van der Waals surface area contributed by atoms with Gasteiger partial charge in [-0.25, -0.2) is 4.98 Å². The molecule has 86 valence electrons. The number of nitrogens with zero attached hydrogens (tertiary/aromatic N) is 2. The van der Waals surface area contributed by atoms with Crippen LogP contribution in [0.1, 0.15) is 13.8 Å². The van der Waals surface area contributed by atoms with E-state index in [9.17, 15) is 0 Å². The third kappa shape index (κ3) is 2.33. The molecule has 0 amide bonds. The first-order valence-electron chi connectivity index (χ1n) is 5.49. The van der Waals surface area contributed by atoms with E-state index < -0.39 is 0 Å². The van der Waals surface area contributed by atoms with Crippen molar-refractivity contribution in [2.45, 2.75) is 26.4 Å². The minimum atomic E-state index is 0.174. The average molecular weight is 235 g/mol. The molecule has 0 aromatic carbocycles. The second-order valence-electron chi connectivity index (χ2n) is 4.29. The first kappa shape index (κ1) is 11.4. The average Bonchev–Trinajstić information content (AvgIpc) is 2.85. The van der Waals surface area contributed by atoms with Crippen molar-refractivity contribution < 1.29 is 0 Å². The van der Waals surface area contributed by atoms with Crippen LogP contribution in [-0.4, -0.2) is 15.6 Å². The molecule has 0 saturated carbocycles. The van der Waals surface area contributed by atoms with Gasteiger partial charge in [-0.2, -0.15) is 0 Å². The minimum Gasteiger partial charge on any atom is -0.329 e. The van der Waals surface area contributed by atoms with Gasteiger partial charge in [-0.15, -0.1) is 11.3 Å². The van der Waals surface area contributed by atoms with Crippen LogP contribution in [0.5, 0.6) is 0 Å². The molecule has 4 heteroatoms. The van der Waals surface area contributed by atoms with Gasteiger partial charge in [-0.05, 0) is 17.4 Å². The fourth-order valence-electron chi connectivity index (χ4n) is 1.53. The van der Waals surface area contributed by atoms with E-state index in [2.05, 4.69) is 34.8 Å². The van der Waals surface area contributed by atoms with Gasteiger partial charge in [-0.3, -0.25) is 0 Å². The van der Waals surface area contributed by atoms with Crippen LogP contribution in [0.2, 0.25) is 0 Å². The number of rotatable bonds is 4.